The van der Waals surface area contributed by atoms with E-state index in [1.54, 1.807) is 0 Å². The van der Waals surface area contributed by atoms with Crippen LogP contribution in [0.25, 0.3) is 0 Å². The fraction of sp³-hybridized carbons (Fsp3) is 0.718. The third-order valence-electron chi connectivity index (χ3n) is 16.9. The predicted octanol–water partition coefficient (Wildman–Crippen LogP) is 23.9. The minimum absolute atomic E-state index is 0.0329. The topological polar surface area (TPSA) is 237 Å². The third kappa shape index (κ3) is 75.7. The first-order valence-electron chi connectivity index (χ1n) is 40.8. The lowest BCUT2D eigenvalue weighted by Crippen LogP contribution is -2.30. The lowest BCUT2D eigenvalue weighted by Gasteiger charge is -2.21. The zero-order valence-corrected chi connectivity index (χ0v) is 67.2. The molecule has 598 valence electrons. The van der Waals surface area contributed by atoms with Gasteiger partial charge in [-0.1, -0.05) is 278 Å². The monoisotopic (exact) mass is 1500 g/mol. The number of aliphatic hydroxyl groups excluding tert-OH is 1. The van der Waals surface area contributed by atoms with E-state index in [0.717, 1.165) is 154 Å². The molecule has 104 heavy (non-hydrogen) atoms. The van der Waals surface area contributed by atoms with Crippen molar-refractivity contribution in [3.05, 3.63) is 122 Å². The van der Waals surface area contributed by atoms with Gasteiger partial charge in [0.25, 0.3) is 0 Å². The molecule has 19 heteroatoms. The SMILES string of the molecule is CCCCC/C=C\C/C=C\C/C=C\C/C=C\C/C=C\CCC(=O)OC[C@H](COP(=O)(O)OC[C@@H](O)COP(=O)(O)OC[C@@H](COC(=O)CCCCCCCCC/C=C\CCCCCC)OC(=O)CCCCCCC/C=C\C/C=C\CCCCC)OC(=O)CCCCCCC/C=C\C/C=C\CCCCC. The van der Waals surface area contributed by atoms with Crippen molar-refractivity contribution in [1.29, 1.82) is 0 Å². The van der Waals surface area contributed by atoms with Gasteiger partial charge in [-0.3, -0.25) is 37.3 Å². The number of carbonyl (C=O) groups excluding carboxylic acids is 4. The molecule has 0 saturated carbocycles. The van der Waals surface area contributed by atoms with Gasteiger partial charge in [-0.25, -0.2) is 9.13 Å². The van der Waals surface area contributed by atoms with Crippen molar-refractivity contribution in [3.8, 4) is 0 Å². The Kier molecular flexibility index (Phi) is 73.3. The summed E-state index contributed by atoms with van der Waals surface area (Å²) >= 11 is 0. The molecule has 0 amide bonds. The Morgan fingerprint density at radius 1 is 0.269 bits per heavy atom. The fourth-order valence-electron chi connectivity index (χ4n) is 10.6. The Morgan fingerprint density at radius 2 is 0.490 bits per heavy atom. The van der Waals surface area contributed by atoms with Gasteiger partial charge in [0.15, 0.2) is 12.2 Å². The van der Waals surface area contributed by atoms with Crippen LogP contribution in [0.15, 0.2) is 122 Å². The summed E-state index contributed by atoms with van der Waals surface area (Å²) in [5.74, 6) is -2.30. The van der Waals surface area contributed by atoms with Crippen molar-refractivity contribution in [2.75, 3.05) is 39.6 Å². The van der Waals surface area contributed by atoms with Crippen LogP contribution in [0.5, 0.6) is 0 Å². The van der Waals surface area contributed by atoms with Gasteiger partial charge in [0.1, 0.15) is 19.3 Å². The maximum atomic E-state index is 13.1. The first-order chi connectivity index (χ1) is 50.7. The van der Waals surface area contributed by atoms with E-state index in [2.05, 4.69) is 137 Å². The molecule has 0 aromatic rings. The van der Waals surface area contributed by atoms with Gasteiger partial charge in [0.05, 0.1) is 26.4 Å². The molecule has 0 spiro atoms. The second-order valence-electron chi connectivity index (χ2n) is 27.0. The number of allylic oxidation sites excluding steroid dienone is 20. The highest BCUT2D eigenvalue weighted by Crippen LogP contribution is 2.45. The fourth-order valence-corrected chi connectivity index (χ4v) is 12.2. The Balaban J connectivity index is 5.44. The van der Waals surface area contributed by atoms with Gasteiger partial charge >= 0.3 is 39.5 Å². The number of phosphoric acid groups is 2. The summed E-state index contributed by atoms with van der Waals surface area (Å²) in [4.78, 5) is 73.0. The molecule has 0 aliphatic heterocycles. The number of esters is 4. The molecule has 0 aromatic heterocycles. The molecule has 0 aromatic carbocycles. The van der Waals surface area contributed by atoms with Crippen LogP contribution in [0.4, 0.5) is 0 Å². The van der Waals surface area contributed by atoms with Gasteiger partial charge in [-0.05, 0) is 154 Å². The maximum absolute atomic E-state index is 13.1. The van der Waals surface area contributed by atoms with Crippen LogP contribution < -0.4 is 0 Å². The Morgan fingerprint density at radius 3 is 0.808 bits per heavy atom. The average Bonchev–Trinajstić information content (AvgIpc) is 0.918. The highest BCUT2D eigenvalue weighted by molar-refractivity contribution is 7.47. The van der Waals surface area contributed by atoms with Gasteiger partial charge in [0, 0.05) is 25.7 Å². The van der Waals surface area contributed by atoms with E-state index in [1.165, 1.54) is 96.3 Å². The number of carbonyl (C=O) groups is 4. The summed E-state index contributed by atoms with van der Waals surface area (Å²) in [6, 6.07) is 0. The number of ether oxygens (including phenoxy) is 4. The number of phosphoric ester groups is 2. The number of hydrogen-bond donors (Lipinski definition) is 3. The molecular formula is C85H146O17P2. The summed E-state index contributed by atoms with van der Waals surface area (Å²) < 4.78 is 68.6. The molecule has 0 fully saturated rings. The first-order valence-corrected chi connectivity index (χ1v) is 43.8. The van der Waals surface area contributed by atoms with E-state index >= 15 is 0 Å². The summed E-state index contributed by atoms with van der Waals surface area (Å²) in [7, 11) is -9.99. The van der Waals surface area contributed by atoms with Crippen LogP contribution in [-0.4, -0.2) is 96.7 Å². The molecule has 17 nitrogen and oxygen atoms in total. The minimum Gasteiger partial charge on any atom is -0.462 e. The lowest BCUT2D eigenvalue weighted by molar-refractivity contribution is -0.161. The van der Waals surface area contributed by atoms with Crippen LogP contribution in [-0.2, 0) is 65.4 Å². The summed E-state index contributed by atoms with van der Waals surface area (Å²) in [6.45, 7) is 4.69. The van der Waals surface area contributed by atoms with Crippen molar-refractivity contribution in [2.24, 2.45) is 0 Å². The van der Waals surface area contributed by atoms with Crippen molar-refractivity contribution < 1.29 is 80.2 Å². The van der Waals surface area contributed by atoms with Crippen molar-refractivity contribution in [3.63, 3.8) is 0 Å². The first kappa shape index (κ1) is 99.5. The van der Waals surface area contributed by atoms with Gasteiger partial charge < -0.3 is 33.8 Å². The van der Waals surface area contributed by atoms with Crippen LogP contribution >= 0.6 is 15.6 Å². The molecule has 0 radical (unpaired) electrons. The van der Waals surface area contributed by atoms with Crippen molar-refractivity contribution in [2.45, 2.75) is 354 Å². The van der Waals surface area contributed by atoms with E-state index in [0.29, 0.717) is 32.1 Å². The second kappa shape index (κ2) is 76.6. The van der Waals surface area contributed by atoms with E-state index in [1.807, 2.05) is 12.2 Å². The standard InChI is InChI=1S/C85H146O17P2/c1-5-9-13-17-21-25-29-33-37-38-39-40-44-46-50-54-58-62-66-70-83(88)96-76-81(102-85(90)72-68-64-60-56-52-48-43-36-32-28-24-20-16-12-8-4)78-100-104(93,94)98-74-79(86)73-97-103(91,92)99-77-80(101-84(89)71-67-63-59-55-51-47-42-35-31-27-23-19-15-11-7-3)75-95-82(87)69-65-61-57-53-49-45-41-34-30-26-22-18-14-10-6-2/h21,23-28,30,33,35-37,39-40,42-43,46,50,58,62,79-81,86H,5-20,22,29,31-32,34,38,41,44-45,47-49,51-57,59-61,63-78H2,1-4H3,(H,91,92)(H,93,94)/b25-21-,27-23-,28-24-,30-26-,37-33-,40-39-,42-35-,43-36-,50-46-,62-58-/t79-,80+,81+/m0/s1. The van der Waals surface area contributed by atoms with E-state index in [4.69, 9.17) is 37.0 Å². The number of hydrogen-bond acceptors (Lipinski definition) is 15. The second-order valence-corrected chi connectivity index (χ2v) is 29.9. The molecule has 0 saturated heterocycles. The molecule has 5 atom stereocenters. The highest BCUT2D eigenvalue weighted by atomic mass is 31.2. The number of aliphatic hydroxyl groups is 1. The Labute approximate surface area is 632 Å². The molecule has 2 unspecified atom stereocenters. The average molecular weight is 1500 g/mol. The largest absolute Gasteiger partial charge is 0.472 e. The number of rotatable bonds is 76. The van der Waals surface area contributed by atoms with Crippen LogP contribution in [0, 0.1) is 0 Å². The quantitative estimate of drug-likeness (QED) is 0.0169. The van der Waals surface area contributed by atoms with Crippen LogP contribution in [0.1, 0.15) is 336 Å². The van der Waals surface area contributed by atoms with E-state index < -0.39 is 97.5 Å². The molecular weight excluding hydrogens is 1350 g/mol. The molecule has 0 heterocycles. The van der Waals surface area contributed by atoms with Crippen molar-refractivity contribution >= 4 is 39.5 Å². The molecule has 0 aliphatic carbocycles. The van der Waals surface area contributed by atoms with E-state index in [-0.39, 0.29) is 25.7 Å². The van der Waals surface area contributed by atoms with Crippen LogP contribution in [0.3, 0.4) is 0 Å². The normalized spacial score (nSPS) is 14.5. The number of unbranched alkanes of at least 4 members (excludes halogenated alkanes) is 30. The summed E-state index contributed by atoms with van der Waals surface area (Å²) in [6.07, 6.45) is 84.7. The minimum atomic E-state index is -5.00. The van der Waals surface area contributed by atoms with Crippen LogP contribution in [0.2, 0.25) is 0 Å². The van der Waals surface area contributed by atoms with Gasteiger partial charge in [-0.2, -0.15) is 0 Å². The highest BCUT2D eigenvalue weighted by Gasteiger charge is 2.30. The van der Waals surface area contributed by atoms with Crippen molar-refractivity contribution in [1.82, 2.24) is 0 Å². The maximum Gasteiger partial charge on any atom is 0.472 e. The summed E-state index contributed by atoms with van der Waals surface area (Å²) in [5, 5.41) is 10.6. The van der Waals surface area contributed by atoms with Gasteiger partial charge in [0.2, 0.25) is 0 Å². The third-order valence-corrected chi connectivity index (χ3v) is 18.8. The lowest BCUT2D eigenvalue weighted by atomic mass is 10.1. The molecule has 3 N–H and O–H groups in total. The zero-order valence-electron chi connectivity index (χ0n) is 65.4. The molecule has 0 bridgehead atoms. The zero-order chi connectivity index (χ0) is 76.0. The Bertz CT molecular complexity index is 2440. The molecule has 0 rings (SSSR count). The van der Waals surface area contributed by atoms with E-state index in [9.17, 15) is 43.2 Å². The predicted molar refractivity (Wildman–Crippen MR) is 427 cm³/mol. The smallest absolute Gasteiger partial charge is 0.462 e. The Hall–Kier alpha value is -4.54. The summed E-state index contributed by atoms with van der Waals surface area (Å²) in [5.41, 5.74) is 0. The van der Waals surface area contributed by atoms with Gasteiger partial charge in [-0.15, -0.1) is 0 Å². The molecule has 0 aliphatic rings.